The number of nitrogen functional groups attached to an aromatic ring is 1. The van der Waals surface area contributed by atoms with Crippen molar-refractivity contribution >= 4 is 33.5 Å². The van der Waals surface area contributed by atoms with Crippen molar-refractivity contribution in [3.8, 4) is 6.07 Å². The summed E-state index contributed by atoms with van der Waals surface area (Å²) >= 11 is 3.18. The summed E-state index contributed by atoms with van der Waals surface area (Å²) in [7, 11) is 0. The molecule has 18 heavy (non-hydrogen) atoms. The Balaban J connectivity index is 2.58. The SMILES string of the molecule is N#CCNC(=O)COC(=O)c1cc(N)ccc1Br. The number of carbonyl (C=O) groups is 2. The molecule has 1 rings (SSSR count). The number of hydrogen-bond donors (Lipinski definition) is 2. The summed E-state index contributed by atoms with van der Waals surface area (Å²) < 4.78 is 5.30. The van der Waals surface area contributed by atoms with E-state index in [4.69, 9.17) is 15.7 Å². The van der Waals surface area contributed by atoms with Crippen LogP contribution in [-0.2, 0) is 9.53 Å². The van der Waals surface area contributed by atoms with Gasteiger partial charge >= 0.3 is 5.97 Å². The molecule has 7 heteroatoms. The van der Waals surface area contributed by atoms with E-state index in [9.17, 15) is 9.59 Å². The Labute approximate surface area is 112 Å². The monoisotopic (exact) mass is 311 g/mol. The lowest BCUT2D eigenvalue weighted by atomic mass is 10.2. The van der Waals surface area contributed by atoms with Gasteiger partial charge in [0.05, 0.1) is 11.6 Å². The van der Waals surface area contributed by atoms with Crippen LogP contribution in [0.2, 0.25) is 0 Å². The minimum atomic E-state index is -0.665. The van der Waals surface area contributed by atoms with Gasteiger partial charge in [0.25, 0.3) is 5.91 Å². The van der Waals surface area contributed by atoms with E-state index in [2.05, 4.69) is 21.2 Å². The van der Waals surface area contributed by atoms with Crippen molar-refractivity contribution in [2.45, 2.75) is 0 Å². The van der Waals surface area contributed by atoms with Crippen molar-refractivity contribution in [2.75, 3.05) is 18.9 Å². The van der Waals surface area contributed by atoms with E-state index in [1.165, 1.54) is 6.07 Å². The van der Waals surface area contributed by atoms with Crippen molar-refractivity contribution in [1.82, 2.24) is 5.32 Å². The molecule has 0 radical (unpaired) electrons. The van der Waals surface area contributed by atoms with E-state index in [0.717, 1.165) is 0 Å². The Morgan fingerprint density at radius 2 is 2.22 bits per heavy atom. The lowest BCUT2D eigenvalue weighted by Crippen LogP contribution is -2.29. The molecule has 3 N–H and O–H groups in total. The maximum Gasteiger partial charge on any atom is 0.339 e. The quantitative estimate of drug-likeness (QED) is 0.487. The number of anilines is 1. The number of amides is 1. The second-order valence-corrected chi connectivity index (χ2v) is 4.10. The second kappa shape index (κ2) is 6.61. The molecule has 0 aliphatic rings. The zero-order chi connectivity index (χ0) is 13.5. The van der Waals surface area contributed by atoms with Crippen LogP contribution in [0, 0.1) is 11.3 Å². The molecule has 1 amide bonds. The van der Waals surface area contributed by atoms with Crippen LogP contribution in [0.1, 0.15) is 10.4 Å². The fourth-order valence-corrected chi connectivity index (χ4v) is 1.51. The van der Waals surface area contributed by atoms with E-state index in [-0.39, 0.29) is 12.1 Å². The number of carbonyl (C=O) groups excluding carboxylic acids is 2. The number of halogens is 1. The molecule has 1 aromatic carbocycles. The first-order valence-electron chi connectivity index (χ1n) is 4.90. The zero-order valence-corrected chi connectivity index (χ0v) is 10.9. The molecule has 0 spiro atoms. The average molecular weight is 312 g/mol. The lowest BCUT2D eigenvalue weighted by Gasteiger charge is -2.06. The molecule has 0 bridgehead atoms. The maximum atomic E-state index is 11.6. The molecular weight excluding hydrogens is 302 g/mol. The maximum absolute atomic E-state index is 11.6. The van der Waals surface area contributed by atoms with Gasteiger partial charge in [-0.15, -0.1) is 0 Å². The molecule has 6 nitrogen and oxygen atoms in total. The highest BCUT2D eigenvalue weighted by molar-refractivity contribution is 9.10. The Bertz CT molecular complexity index is 511. The highest BCUT2D eigenvalue weighted by Gasteiger charge is 2.13. The van der Waals surface area contributed by atoms with Crippen molar-refractivity contribution in [3.05, 3.63) is 28.2 Å². The van der Waals surface area contributed by atoms with Gasteiger partial charge in [0.2, 0.25) is 0 Å². The topological polar surface area (TPSA) is 105 Å². The molecule has 0 atom stereocenters. The summed E-state index contributed by atoms with van der Waals surface area (Å²) in [4.78, 5) is 22.8. The molecule has 0 saturated heterocycles. The smallest absolute Gasteiger partial charge is 0.339 e. The summed E-state index contributed by atoms with van der Waals surface area (Å²) in [6.45, 7) is -0.569. The molecule has 0 saturated carbocycles. The van der Waals surface area contributed by atoms with Crippen LogP contribution < -0.4 is 11.1 Å². The van der Waals surface area contributed by atoms with E-state index >= 15 is 0 Å². The first kappa shape index (κ1) is 14.0. The molecule has 0 aliphatic heterocycles. The summed E-state index contributed by atoms with van der Waals surface area (Å²) in [6.07, 6.45) is 0. The normalized spacial score (nSPS) is 9.33. The van der Waals surface area contributed by atoms with Crippen LogP contribution in [0.25, 0.3) is 0 Å². The van der Waals surface area contributed by atoms with Gasteiger partial charge in [-0.05, 0) is 34.1 Å². The summed E-state index contributed by atoms with van der Waals surface area (Å²) in [6, 6.07) is 6.42. The predicted molar refractivity (Wildman–Crippen MR) is 67.5 cm³/mol. The van der Waals surface area contributed by atoms with Crippen LogP contribution in [0.5, 0.6) is 0 Å². The van der Waals surface area contributed by atoms with Crippen molar-refractivity contribution in [3.63, 3.8) is 0 Å². The lowest BCUT2D eigenvalue weighted by molar-refractivity contribution is -0.123. The number of ether oxygens (including phenoxy) is 1. The number of benzene rings is 1. The van der Waals surface area contributed by atoms with Crippen molar-refractivity contribution in [1.29, 1.82) is 5.26 Å². The third-order valence-electron chi connectivity index (χ3n) is 1.91. The number of nitrogens with one attached hydrogen (secondary N) is 1. The number of nitrogens with two attached hydrogens (primary N) is 1. The Kier molecular flexibility index (Phi) is 5.14. The molecule has 0 heterocycles. The Morgan fingerprint density at radius 3 is 2.89 bits per heavy atom. The number of nitrogens with zero attached hydrogens (tertiary/aromatic N) is 1. The number of rotatable bonds is 4. The molecule has 0 fully saturated rings. The third kappa shape index (κ3) is 4.07. The average Bonchev–Trinajstić information content (AvgIpc) is 2.36. The van der Waals surface area contributed by atoms with Crippen LogP contribution in [0.15, 0.2) is 22.7 Å². The number of esters is 1. The van der Waals surface area contributed by atoms with E-state index in [1.807, 2.05) is 0 Å². The van der Waals surface area contributed by atoms with Crippen LogP contribution in [0.3, 0.4) is 0 Å². The van der Waals surface area contributed by atoms with E-state index < -0.39 is 18.5 Å². The summed E-state index contributed by atoms with van der Waals surface area (Å²) in [5.41, 5.74) is 6.20. The van der Waals surface area contributed by atoms with Gasteiger partial charge in [-0.2, -0.15) is 5.26 Å². The van der Waals surface area contributed by atoms with Gasteiger partial charge in [-0.25, -0.2) is 4.79 Å². The van der Waals surface area contributed by atoms with Crippen LogP contribution in [-0.4, -0.2) is 25.0 Å². The molecule has 1 aromatic rings. The van der Waals surface area contributed by atoms with E-state index in [1.54, 1.807) is 18.2 Å². The number of hydrogen-bond acceptors (Lipinski definition) is 5. The van der Waals surface area contributed by atoms with Crippen molar-refractivity contribution in [2.24, 2.45) is 0 Å². The van der Waals surface area contributed by atoms with Gasteiger partial charge in [0, 0.05) is 10.2 Å². The van der Waals surface area contributed by atoms with Gasteiger partial charge in [-0.1, -0.05) is 0 Å². The van der Waals surface area contributed by atoms with Gasteiger partial charge in [-0.3, -0.25) is 4.79 Å². The van der Waals surface area contributed by atoms with Crippen LogP contribution >= 0.6 is 15.9 Å². The minimum absolute atomic E-state index is 0.127. The first-order chi connectivity index (χ1) is 8.54. The Morgan fingerprint density at radius 1 is 1.50 bits per heavy atom. The molecule has 0 unspecified atom stereocenters. The highest BCUT2D eigenvalue weighted by Crippen LogP contribution is 2.20. The highest BCUT2D eigenvalue weighted by atomic mass is 79.9. The fraction of sp³-hybridized carbons (Fsp3) is 0.182. The summed E-state index contributed by atoms with van der Waals surface area (Å²) in [5.74, 6) is -1.20. The molecule has 0 aliphatic carbocycles. The summed E-state index contributed by atoms with van der Waals surface area (Å²) in [5, 5.41) is 10.5. The minimum Gasteiger partial charge on any atom is -0.452 e. The second-order valence-electron chi connectivity index (χ2n) is 3.25. The van der Waals surface area contributed by atoms with E-state index in [0.29, 0.717) is 10.2 Å². The van der Waals surface area contributed by atoms with Crippen LogP contribution in [0.4, 0.5) is 5.69 Å². The predicted octanol–water partition coefficient (Wildman–Crippen LogP) is 0.828. The molecule has 0 aromatic heterocycles. The van der Waals surface area contributed by atoms with Gasteiger partial charge in [0.15, 0.2) is 6.61 Å². The fourth-order valence-electron chi connectivity index (χ4n) is 1.10. The zero-order valence-electron chi connectivity index (χ0n) is 9.27. The largest absolute Gasteiger partial charge is 0.452 e. The molecular formula is C11H10BrN3O3. The van der Waals surface area contributed by atoms with Gasteiger partial charge < -0.3 is 15.8 Å². The third-order valence-corrected chi connectivity index (χ3v) is 2.60. The van der Waals surface area contributed by atoms with Crippen molar-refractivity contribution < 1.29 is 14.3 Å². The first-order valence-corrected chi connectivity index (χ1v) is 5.69. The molecule has 94 valence electrons. The Hall–Kier alpha value is -2.07. The standard InChI is InChI=1S/C11H10BrN3O3/c12-9-2-1-7(14)5-8(9)11(17)18-6-10(16)15-4-3-13/h1-2,5H,4,6,14H2,(H,15,16). The van der Waals surface area contributed by atoms with Gasteiger partial charge in [0.1, 0.15) is 6.54 Å². The number of nitriles is 1.